The molecule has 1 aromatic heterocycles. The van der Waals surface area contributed by atoms with E-state index in [1.807, 2.05) is 0 Å². The van der Waals surface area contributed by atoms with Gasteiger partial charge in [0.25, 0.3) is 0 Å². The number of alkyl halides is 3. The molecule has 0 bridgehead atoms. The molecule has 3 aromatic carbocycles. The monoisotopic (exact) mass is 702 g/mol. The molecular formula is C32H26F8N2O5S. The summed E-state index contributed by atoms with van der Waals surface area (Å²) in [4.78, 5) is 13.2. The second kappa shape index (κ2) is 12.1. The number of rotatable bonds is 5. The van der Waals surface area contributed by atoms with Crippen molar-refractivity contribution < 1.29 is 57.3 Å². The SMILES string of the molecule is Cn1cc(-c2ccc(C(F)(F)F)cc2C2=CCN(C(=O)OC(C)(C)C)CC2)c2ccc(S(=O)(=O)Oc3c(F)c(F)c(F)c(F)c3F)cc21. The van der Waals surface area contributed by atoms with Crippen LogP contribution in [0.1, 0.15) is 38.3 Å². The fraction of sp³-hybridized carbons (Fsp3) is 0.281. The van der Waals surface area contributed by atoms with Crippen molar-refractivity contribution in [2.75, 3.05) is 13.1 Å². The number of aromatic nitrogens is 1. The van der Waals surface area contributed by atoms with E-state index in [4.69, 9.17) is 4.74 Å². The lowest BCUT2D eigenvalue weighted by atomic mass is 9.89. The summed E-state index contributed by atoms with van der Waals surface area (Å²) in [5, 5.41) is 0.348. The lowest BCUT2D eigenvalue weighted by Crippen LogP contribution is -2.39. The van der Waals surface area contributed by atoms with Gasteiger partial charge < -0.3 is 18.4 Å². The molecule has 0 fully saturated rings. The van der Waals surface area contributed by atoms with E-state index in [1.54, 1.807) is 26.8 Å². The van der Waals surface area contributed by atoms with Crippen molar-refractivity contribution in [3.63, 3.8) is 0 Å². The topological polar surface area (TPSA) is 77.8 Å². The second-order valence-electron chi connectivity index (χ2n) is 11.9. The van der Waals surface area contributed by atoms with Crippen LogP contribution < -0.4 is 4.18 Å². The summed E-state index contributed by atoms with van der Waals surface area (Å²) in [7, 11) is -3.67. The number of amides is 1. The first-order chi connectivity index (χ1) is 22.2. The number of nitrogens with zero attached hydrogens (tertiary/aromatic N) is 2. The van der Waals surface area contributed by atoms with Crippen molar-refractivity contribution in [1.82, 2.24) is 9.47 Å². The van der Waals surface area contributed by atoms with E-state index in [0.29, 0.717) is 22.1 Å². The molecule has 0 saturated carbocycles. The second-order valence-corrected chi connectivity index (χ2v) is 13.5. The van der Waals surface area contributed by atoms with Crippen LogP contribution in [0.25, 0.3) is 27.6 Å². The highest BCUT2D eigenvalue weighted by molar-refractivity contribution is 7.87. The molecule has 0 saturated heterocycles. The zero-order valence-electron chi connectivity index (χ0n) is 25.6. The number of carbonyl (C=O) groups excluding carboxylic acids is 1. The Balaban J connectivity index is 1.56. The Labute approximate surface area is 269 Å². The molecule has 1 amide bonds. The van der Waals surface area contributed by atoms with Gasteiger partial charge in [0.15, 0.2) is 0 Å². The Bertz CT molecular complexity index is 2070. The molecule has 4 aromatic rings. The molecule has 16 heteroatoms. The lowest BCUT2D eigenvalue weighted by Gasteiger charge is -2.30. The minimum Gasteiger partial charge on any atom is -0.444 e. The third kappa shape index (κ3) is 6.57. The summed E-state index contributed by atoms with van der Waals surface area (Å²) in [5.41, 5.74) is -0.0358. The molecule has 0 spiro atoms. The summed E-state index contributed by atoms with van der Waals surface area (Å²) >= 11 is 0. The smallest absolute Gasteiger partial charge is 0.416 e. The number of hydrogen-bond donors (Lipinski definition) is 0. The zero-order chi connectivity index (χ0) is 35.5. The standard InChI is InChI=1S/C32H26F8N2O5S/c1-31(2,3)46-30(43)42-11-9-16(10-12-42)21-13-17(32(38,39)40)5-7-19(21)22-15-41(4)23-14-18(6-8-20(22)23)48(44,45)47-29-27(36)25(34)24(33)26(35)28(29)37/h5-9,13-15H,10-12H2,1-4H3. The van der Waals surface area contributed by atoms with Gasteiger partial charge in [-0.15, -0.1) is 0 Å². The first-order valence-corrected chi connectivity index (χ1v) is 15.5. The van der Waals surface area contributed by atoms with Crippen LogP contribution in [-0.2, 0) is 28.1 Å². The van der Waals surface area contributed by atoms with Crippen molar-refractivity contribution in [2.45, 2.75) is 43.9 Å². The van der Waals surface area contributed by atoms with E-state index in [1.165, 1.54) is 34.8 Å². The lowest BCUT2D eigenvalue weighted by molar-refractivity contribution is -0.137. The van der Waals surface area contributed by atoms with Crippen LogP contribution in [-0.4, -0.2) is 42.7 Å². The van der Waals surface area contributed by atoms with E-state index < -0.39 is 73.3 Å². The molecule has 256 valence electrons. The first-order valence-electron chi connectivity index (χ1n) is 14.1. The van der Waals surface area contributed by atoms with Crippen molar-refractivity contribution in [2.24, 2.45) is 7.05 Å². The summed E-state index contributed by atoms with van der Waals surface area (Å²) in [6.07, 6.45) is -1.92. The Morgan fingerprint density at radius 1 is 0.833 bits per heavy atom. The van der Waals surface area contributed by atoms with Gasteiger partial charge in [0, 0.05) is 42.8 Å². The summed E-state index contributed by atoms with van der Waals surface area (Å²) in [5.74, 6) is -14.3. The number of halogens is 8. The number of benzene rings is 3. The van der Waals surface area contributed by atoms with Crippen molar-refractivity contribution in [3.05, 3.63) is 88.9 Å². The van der Waals surface area contributed by atoms with Gasteiger partial charge in [-0.2, -0.15) is 30.4 Å². The summed E-state index contributed by atoms with van der Waals surface area (Å²) in [6.45, 7) is 5.34. The molecule has 2 heterocycles. The molecule has 5 rings (SSSR count). The van der Waals surface area contributed by atoms with E-state index in [9.17, 15) is 48.3 Å². The van der Waals surface area contributed by atoms with Gasteiger partial charge in [-0.25, -0.2) is 18.0 Å². The molecule has 0 unspecified atom stereocenters. The minimum atomic E-state index is -5.17. The van der Waals surface area contributed by atoms with Crippen LogP contribution in [0.2, 0.25) is 0 Å². The molecule has 0 radical (unpaired) electrons. The van der Waals surface area contributed by atoms with E-state index in [-0.39, 0.29) is 30.6 Å². The van der Waals surface area contributed by atoms with Crippen LogP contribution in [0.4, 0.5) is 39.9 Å². The largest absolute Gasteiger partial charge is 0.444 e. The van der Waals surface area contributed by atoms with Crippen molar-refractivity contribution in [1.29, 1.82) is 0 Å². The molecule has 1 aliphatic heterocycles. The average Bonchev–Trinajstić information content (AvgIpc) is 3.35. The van der Waals surface area contributed by atoms with Gasteiger partial charge in [0.05, 0.1) is 5.56 Å². The number of carbonyl (C=O) groups is 1. The predicted molar refractivity (Wildman–Crippen MR) is 158 cm³/mol. The minimum absolute atomic E-state index is 0.0692. The number of ether oxygens (including phenoxy) is 1. The van der Waals surface area contributed by atoms with Gasteiger partial charge in [-0.05, 0) is 68.2 Å². The summed E-state index contributed by atoms with van der Waals surface area (Å²) in [6, 6.07) is 6.38. The molecule has 7 nitrogen and oxygen atoms in total. The molecule has 0 aliphatic carbocycles. The quantitative estimate of drug-likeness (QED) is 0.0905. The van der Waals surface area contributed by atoms with Crippen LogP contribution in [0.3, 0.4) is 0 Å². The maximum absolute atomic E-state index is 14.2. The predicted octanol–water partition coefficient (Wildman–Crippen LogP) is 8.35. The van der Waals surface area contributed by atoms with Crippen LogP contribution in [0.5, 0.6) is 5.75 Å². The molecule has 0 atom stereocenters. The highest BCUT2D eigenvalue weighted by atomic mass is 32.2. The molecule has 48 heavy (non-hydrogen) atoms. The Morgan fingerprint density at radius 2 is 1.46 bits per heavy atom. The maximum atomic E-state index is 14.2. The van der Waals surface area contributed by atoms with Crippen LogP contribution in [0, 0.1) is 29.1 Å². The van der Waals surface area contributed by atoms with E-state index >= 15 is 0 Å². The Morgan fingerprint density at radius 3 is 2.02 bits per heavy atom. The molecule has 1 aliphatic rings. The van der Waals surface area contributed by atoms with E-state index in [2.05, 4.69) is 4.18 Å². The van der Waals surface area contributed by atoms with Crippen LogP contribution in [0.15, 0.2) is 53.6 Å². The average molecular weight is 703 g/mol. The van der Waals surface area contributed by atoms with Gasteiger partial charge in [-0.1, -0.05) is 18.2 Å². The van der Waals surface area contributed by atoms with Gasteiger partial charge in [0.2, 0.25) is 34.8 Å². The normalized spacial score (nSPS) is 14.3. The highest BCUT2D eigenvalue weighted by Crippen LogP contribution is 2.41. The Kier molecular flexibility index (Phi) is 8.78. The maximum Gasteiger partial charge on any atom is 0.416 e. The Hall–Kier alpha value is -4.60. The van der Waals surface area contributed by atoms with Gasteiger partial charge in [-0.3, -0.25) is 0 Å². The highest BCUT2D eigenvalue weighted by Gasteiger charge is 2.34. The molecular weight excluding hydrogens is 676 g/mol. The van der Waals surface area contributed by atoms with E-state index in [0.717, 1.165) is 24.3 Å². The number of hydrogen-bond acceptors (Lipinski definition) is 5. The van der Waals surface area contributed by atoms with Crippen molar-refractivity contribution in [3.8, 4) is 16.9 Å². The van der Waals surface area contributed by atoms with Crippen LogP contribution >= 0.6 is 0 Å². The van der Waals surface area contributed by atoms with Gasteiger partial charge in [0.1, 0.15) is 10.5 Å². The number of aryl methyl sites for hydroxylation is 1. The third-order valence-corrected chi connectivity index (χ3v) is 8.67. The van der Waals surface area contributed by atoms with Gasteiger partial charge >= 0.3 is 22.4 Å². The van der Waals surface area contributed by atoms with Crippen molar-refractivity contribution >= 4 is 32.7 Å². The first kappa shape index (κ1) is 34.7. The fourth-order valence-corrected chi connectivity index (χ4v) is 6.13. The number of fused-ring (bicyclic) bond motifs is 1. The summed E-state index contributed by atoms with van der Waals surface area (Å²) < 4.78 is 148. The molecule has 0 N–H and O–H groups in total. The fourth-order valence-electron chi connectivity index (χ4n) is 5.18. The third-order valence-electron chi connectivity index (χ3n) is 7.46. The zero-order valence-corrected chi connectivity index (χ0v) is 26.4.